The summed E-state index contributed by atoms with van der Waals surface area (Å²) in [6.07, 6.45) is 3.54. The molecule has 0 aliphatic heterocycles. The highest BCUT2D eigenvalue weighted by atomic mass is 35.5. The number of hydrogen-bond donors (Lipinski definition) is 2. The Bertz CT molecular complexity index is 587. The Labute approximate surface area is 125 Å². The number of rotatable bonds is 4. The quantitative estimate of drug-likeness (QED) is 0.880. The molecule has 1 aromatic rings. The summed E-state index contributed by atoms with van der Waals surface area (Å²) in [7, 11) is -3.58. The third kappa shape index (κ3) is 3.49. The third-order valence-corrected chi connectivity index (χ3v) is 5.19. The van der Waals surface area contributed by atoms with Gasteiger partial charge in [0.2, 0.25) is 10.0 Å². The van der Waals surface area contributed by atoms with Crippen LogP contribution in [0, 0.1) is 11.3 Å². The van der Waals surface area contributed by atoms with Crippen LogP contribution in [0.25, 0.3) is 0 Å². The van der Waals surface area contributed by atoms with E-state index in [9.17, 15) is 8.42 Å². The fourth-order valence-corrected chi connectivity index (χ4v) is 3.92. The molecule has 1 saturated carbocycles. The molecule has 7 heteroatoms. The summed E-state index contributed by atoms with van der Waals surface area (Å²) in [5, 5.41) is 8.71. The van der Waals surface area contributed by atoms with E-state index in [2.05, 4.69) is 4.72 Å². The molecule has 1 aliphatic carbocycles. The number of halogens is 1. The molecule has 0 bridgehead atoms. The predicted molar refractivity (Wildman–Crippen MR) is 79.0 cm³/mol. The van der Waals surface area contributed by atoms with Crippen molar-refractivity contribution in [3.63, 3.8) is 0 Å². The van der Waals surface area contributed by atoms with Crippen LogP contribution in [0.2, 0.25) is 0 Å². The third-order valence-electron chi connectivity index (χ3n) is 3.60. The number of hydrogen-bond acceptors (Lipinski definition) is 4. The minimum Gasteiger partial charge on any atom is -0.329 e. The molecule has 1 aromatic carbocycles. The van der Waals surface area contributed by atoms with Crippen LogP contribution >= 0.6 is 12.4 Å². The highest BCUT2D eigenvalue weighted by Crippen LogP contribution is 2.30. The fraction of sp³-hybridized carbons (Fsp3) is 0.462. The van der Waals surface area contributed by atoms with Gasteiger partial charge < -0.3 is 5.73 Å². The standard InChI is InChI=1S/C13H17N3O2S.ClH/c14-9-11-3-5-12(6-4-11)19(17,18)16-13(10-15)7-1-2-8-13;/h3-6,16H,1-2,7-8,10,15H2;1H. The Morgan fingerprint density at radius 2 is 1.80 bits per heavy atom. The maximum Gasteiger partial charge on any atom is 0.241 e. The summed E-state index contributed by atoms with van der Waals surface area (Å²) in [4.78, 5) is 0.172. The summed E-state index contributed by atoms with van der Waals surface area (Å²) in [5.41, 5.74) is 5.66. The maximum atomic E-state index is 12.3. The molecule has 1 fully saturated rings. The van der Waals surface area contributed by atoms with Crippen molar-refractivity contribution in [2.75, 3.05) is 6.54 Å². The lowest BCUT2D eigenvalue weighted by Gasteiger charge is -2.28. The second-order valence-corrected chi connectivity index (χ2v) is 6.62. The highest BCUT2D eigenvalue weighted by molar-refractivity contribution is 7.89. The Morgan fingerprint density at radius 3 is 2.25 bits per heavy atom. The monoisotopic (exact) mass is 315 g/mol. The van der Waals surface area contributed by atoms with Gasteiger partial charge in [0.15, 0.2) is 0 Å². The summed E-state index contributed by atoms with van der Waals surface area (Å²) in [5.74, 6) is 0. The van der Waals surface area contributed by atoms with Crippen LogP contribution in [0.4, 0.5) is 0 Å². The van der Waals surface area contributed by atoms with Crippen LogP contribution in [-0.2, 0) is 10.0 Å². The minimum atomic E-state index is -3.58. The molecular formula is C13H18ClN3O2S. The first kappa shape index (κ1) is 16.9. The van der Waals surface area contributed by atoms with E-state index in [1.807, 2.05) is 6.07 Å². The minimum absolute atomic E-state index is 0. The summed E-state index contributed by atoms with van der Waals surface area (Å²) < 4.78 is 27.3. The summed E-state index contributed by atoms with van der Waals surface area (Å²) >= 11 is 0. The number of nitrogens with two attached hydrogens (primary N) is 1. The van der Waals surface area contributed by atoms with Crippen molar-refractivity contribution < 1.29 is 8.42 Å². The Balaban J connectivity index is 0.00000200. The zero-order valence-corrected chi connectivity index (χ0v) is 12.6. The average Bonchev–Trinajstić information content (AvgIpc) is 2.87. The lowest BCUT2D eigenvalue weighted by molar-refractivity contribution is 0.399. The van der Waals surface area contributed by atoms with Crippen LogP contribution < -0.4 is 10.5 Å². The molecule has 1 aliphatic rings. The largest absolute Gasteiger partial charge is 0.329 e. The molecule has 20 heavy (non-hydrogen) atoms. The van der Waals surface area contributed by atoms with Crippen molar-refractivity contribution >= 4 is 22.4 Å². The Morgan fingerprint density at radius 1 is 1.25 bits per heavy atom. The Hall–Kier alpha value is -1.13. The van der Waals surface area contributed by atoms with Gasteiger partial charge in [0, 0.05) is 12.1 Å². The second-order valence-electron chi connectivity index (χ2n) is 4.93. The van der Waals surface area contributed by atoms with E-state index in [4.69, 9.17) is 11.0 Å². The number of nitriles is 1. The maximum absolute atomic E-state index is 12.3. The van der Waals surface area contributed by atoms with Gasteiger partial charge in [-0.3, -0.25) is 0 Å². The molecule has 0 heterocycles. The summed E-state index contributed by atoms with van der Waals surface area (Å²) in [6, 6.07) is 7.85. The van der Waals surface area contributed by atoms with Gasteiger partial charge in [-0.2, -0.15) is 5.26 Å². The van der Waals surface area contributed by atoms with Gasteiger partial charge in [-0.15, -0.1) is 12.4 Å². The van der Waals surface area contributed by atoms with E-state index < -0.39 is 15.6 Å². The van der Waals surface area contributed by atoms with Gasteiger partial charge >= 0.3 is 0 Å². The first-order valence-electron chi connectivity index (χ1n) is 6.26. The highest BCUT2D eigenvalue weighted by Gasteiger charge is 2.36. The topological polar surface area (TPSA) is 96.0 Å². The SMILES string of the molecule is Cl.N#Cc1ccc(S(=O)(=O)NC2(CN)CCCC2)cc1. The predicted octanol–water partition coefficient (Wildman–Crippen LogP) is 1.53. The van der Waals surface area contributed by atoms with Crippen molar-refractivity contribution in [2.45, 2.75) is 36.1 Å². The molecule has 3 N–H and O–H groups in total. The number of benzene rings is 1. The zero-order valence-electron chi connectivity index (χ0n) is 11.0. The van der Waals surface area contributed by atoms with E-state index in [-0.39, 0.29) is 17.3 Å². The first-order chi connectivity index (χ1) is 9.01. The molecule has 5 nitrogen and oxygen atoms in total. The van der Waals surface area contributed by atoms with Gasteiger partial charge in [-0.1, -0.05) is 12.8 Å². The Kier molecular flexibility index (Phi) is 5.54. The normalized spacial score (nSPS) is 17.2. The molecular weight excluding hydrogens is 298 g/mol. The van der Waals surface area contributed by atoms with Crippen LogP contribution in [0.3, 0.4) is 0 Å². The number of sulfonamides is 1. The van der Waals surface area contributed by atoms with E-state index in [0.29, 0.717) is 12.1 Å². The molecule has 0 saturated heterocycles. The van der Waals surface area contributed by atoms with Crippen LogP contribution in [0.15, 0.2) is 29.2 Å². The lowest BCUT2D eigenvalue weighted by atomic mass is 10.0. The molecule has 2 rings (SSSR count). The molecule has 110 valence electrons. The van der Waals surface area contributed by atoms with Crippen LogP contribution in [0.1, 0.15) is 31.2 Å². The first-order valence-corrected chi connectivity index (χ1v) is 7.74. The van der Waals surface area contributed by atoms with E-state index in [1.54, 1.807) is 0 Å². The van der Waals surface area contributed by atoms with Gasteiger partial charge in [0.25, 0.3) is 0 Å². The molecule has 0 aromatic heterocycles. The molecule has 0 radical (unpaired) electrons. The molecule has 0 unspecified atom stereocenters. The van der Waals surface area contributed by atoms with Crippen molar-refractivity contribution in [2.24, 2.45) is 5.73 Å². The lowest BCUT2D eigenvalue weighted by Crippen LogP contribution is -2.51. The average molecular weight is 316 g/mol. The van der Waals surface area contributed by atoms with Crippen molar-refractivity contribution in [3.8, 4) is 6.07 Å². The number of nitrogens with one attached hydrogen (secondary N) is 1. The summed E-state index contributed by atoms with van der Waals surface area (Å²) in [6.45, 7) is 0.308. The molecule has 0 atom stereocenters. The van der Waals surface area contributed by atoms with Gasteiger partial charge in [-0.05, 0) is 37.1 Å². The van der Waals surface area contributed by atoms with Gasteiger partial charge in [0.1, 0.15) is 0 Å². The number of nitrogens with zero attached hydrogens (tertiary/aromatic N) is 1. The molecule has 0 spiro atoms. The van der Waals surface area contributed by atoms with Crippen molar-refractivity contribution in [1.29, 1.82) is 5.26 Å². The van der Waals surface area contributed by atoms with Gasteiger partial charge in [-0.25, -0.2) is 13.1 Å². The van der Waals surface area contributed by atoms with Crippen molar-refractivity contribution in [1.82, 2.24) is 4.72 Å². The van der Waals surface area contributed by atoms with Crippen LogP contribution in [0.5, 0.6) is 0 Å². The van der Waals surface area contributed by atoms with E-state index in [1.165, 1.54) is 24.3 Å². The fourth-order valence-electron chi connectivity index (χ4n) is 2.45. The molecule has 0 amide bonds. The van der Waals surface area contributed by atoms with Crippen LogP contribution in [-0.4, -0.2) is 20.5 Å². The zero-order chi connectivity index (χ0) is 13.9. The smallest absolute Gasteiger partial charge is 0.241 e. The van der Waals surface area contributed by atoms with Gasteiger partial charge in [0.05, 0.1) is 16.5 Å². The van der Waals surface area contributed by atoms with E-state index >= 15 is 0 Å². The second kappa shape index (κ2) is 6.55. The van der Waals surface area contributed by atoms with Crippen molar-refractivity contribution in [3.05, 3.63) is 29.8 Å². The van der Waals surface area contributed by atoms with E-state index in [0.717, 1.165) is 25.7 Å².